The number of alkyl halides is 6. The Hall–Kier alpha value is -2.90. The molecule has 1 aromatic carbocycles. The number of hydrogen-bond acceptors (Lipinski definition) is 6. The maximum Gasteiger partial charge on any atom is 0.433 e. The van der Waals surface area contributed by atoms with Gasteiger partial charge in [-0.05, 0) is 43.5 Å². The van der Waals surface area contributed by atoms with E-state index < -0.39 is 51.1 Å². The van der Waals surface area contributed by atoms with Crippen molar-refractivity contribution in [3.8, 4) is 5.75 Å². The van der Waals surface area contributed by atoms with Gasteiger partial charge in [-0.25, -0.2) is 18.4 Å². The Morgan fingerprint density at radius 3 is 2.53 bits per heavy atom. The fraction of sp³-hybridized carbons (Fsp3) is 0.500. The molecule has 2 heterocycles. The summed E-state index contributed by atoms with van der Waals surface area (Å²) in [4.78, 5) is 22.0. The first kappa shape index (κ1) is 26.2. The topological polar surface area (TPSA) is 89.5 Å². The van der Waals surface area contributed by atoms with E-state index in [-0.39, 0.29) is 41.0 Å². The molecule has 1 aromatic heterocycles. The lowest BCUT2D eigenvalue weighted by Crippen LogP contribution is -2.35. The monoisotopic (exact) mass is 537 g/mol. The fourth-order valence-electron chi connectivity index (χ4n) is 4.31. The van der Waals surface area contributed by atoms with Crippen LogP contribution in [0.15, 0.2) is 35.4 Å². The third kappa shape index (κ3) is 4.74. The van der Waals surface area contributed by atoms with Crippen molar-refractivity contribution >= 4 is 15.7 Å². The maximum absolute atomic E-state index is 13.4. The highest BCUT2D eigenvalue weighted by molar-refractivity contribution is 7.91. The van der Waals surface area contributed by atoms with Crippen molar-refractivity contribution in [2.24, 2.45) is 5.92 Å². The Bertz CT molecular complexity index is 1300. The summed E-state index contributed by atoms with van der Waals surface area (Å²) in [5.74, 6) is -1.87. The van der Waals surface area contributed by atoms with Crippen molar-refractivity contribution in [2.75, 3.05) is 18.8 Å². The van der Waals surface area contributed by atoms with Crippen LogP contribution < -0.4 is 4.74 Å². The number of fused-ring (bicyclic) bond motifs is 1. The average Bonchev–Trinajstić information content (AvgIpc) is 3.38. The summed E-state index contributed by atoms with van der Waals surface area (Å²) in [5.41, 5.74) is -2.42. The highest BCUT2D eigenvalue weighted by Crippen LogP contribution is 2.58. The van der Waals surface area contributed by atoms with Crippen LogP contribution in [0.5, 0.6) is 5.75 Å². The number of ether oxygens (including phenoxy) is 1. The summed E-state index contributed by atoms with van der Waals surface area (Å²) in [5, 5.41) is 0. The summed E-state index contributed by atoms with van der Waals surface area (Å²) in [6.07, 6.45) is -10.3. The first-order valence-electron chi connectivity index (χ1n) is 10.9. The Morgan fingerprint density at radius 1 is 1.22 bits per heavy atom. The molecule has 1 aliphatic heterocycles. The third-order valence-corrected chi connectivity index (χ3v) is 8.24. The molecule has 14 heteroatoms. The van der Waals surface area contributed by atoms with E-state index in [0.29, 0.717) is 6.42 Å². The predicted octanol–water partition coefficient (Wildman–Crippen LogP) is 4.03. The number of amides is 1. The van der Waals surface area contributed by atoms with Crippen LogP contribution in [0, 0.1) is 5.92 Å². The van der Waals surface area contributed by atoms with E-state index >= 15 is 0 Å². The lowest BCUT2D eigenvalue weighted by molar-refractivity contribution is -0.189. The molecule has 1 saturated carbocycles. The van der Waals surface area contributed by atoms with Gasteiger partial charge >= 0.3 is 12.4 Å². The number of rotatable bonds is 6. The molecular formula is C22H21F6N3O4S. The SMILES string of the molecule is CCS(=O)(=O)c1ccc(O[C@H](C)C(F)(F)F)c(C(=O)N2CC3CC3(c3nccc(C(F)(F)F)n3)C2)c1. The number of sulfone groups is 1. The van der Waals surface area contributed by atoms with Crippen LogP contribution in [0.2, 0.25) is 0 Å². The molecule has 2 fully saturated rings. The van der Waals surface area contributed by atoms with E-state index in [1.807, 2.05) is 0 Å². The van der Waals surface area contributed by atoms with Crippen LogP contribution in [0.4, 0.5) is 26.3 Å². The van der Waals surface area contributed by atoms with Crippen LogP contribution in [0.3, 0.4) is 0 Å². The molecule has 1 amide bonds. The molecule has 1 saturated heterocycles. The van der Waals surface area contributed by atoms with E-state index in [1.165, 1.54) is 11.8 Å². The van der Waals surface area contributed by atoms with Crippen molar-refractivity contribution in [2.45, 2.75) is 49.0 Å². The van der Waals surface area contributed by atoms with Gasteiger partial charge in [0.1, 0.15) is 17.3 Å². The molecule has 3 atom stereocenters. The Balaban J connectivity index is 1.66. The zero-order valence-corrected chi connectivity index (χ0v) is 19.8. The van der Waals surface area contributed by atoms with Crippen LogP contribution in [-0.4, -0.2) is 60.3 Å². The van der Waals surface area contributed by atoms with Gasteiger partial charge in [-0.3, -0.25) is 4.79 Å². The molecule has 2 aliphatic rings. The van der Waals surface area contributed by atoms with Crippen LogP contribution >= 0.6 is 0 Å². The number of piperidine rings is 1. The summed E-state index contributed by atoms with van der Waals surface area (Å²) in [7, 11) is -3.80. The zero-order valence-electron chi connectivity index (χ0n) is 19.0. The molecule has 196 valence electrons. The minimum absolute atomic E-state index is 0.0675. The molecule has 2 unspecified atom stereocenters. The van der Waals surface area contributed by atoms with Gasteiger partial charge in [0.2, 0.25) is 0 Å². The maximum atomic E-state index is 13.4. The number of likely N-dealkylation sites (tertiary alicyclic amines) is 1. The Kier molecular flexibility index (Phi) is 6.25. The van der Waals surface area contributed by atoms with Gasteiger partial charge in [0, 0.05) is 19.3 Å². The van der Waals surface area contributed by atoms with Gasteiger partial charge in [0.05, 0.1) is 21.6 Å². The van der Waals surface area contributed by atoms with E-state index in [1.54, 1.807) is 0 Å². The minimum Gasteiger partial charge on any atom is -0.480 e. The molecule has 7 nitrogen and oxygen atoms in total. The van der Waals surface area contributed by atoms with E-state index in [2.05, 4.69) is 9.97 Å². The quantitative estimate of drug-likeness (QED) is 0.517. The second kappa shape index (κ2) is 8.60. The molecular weight excluding hydrogens is 516 g/mol. The largest absolute Gasteiger partial charge is 0.480 e. The number of carbonyl (C=O) groups is 1. The van der Waals surface area contributed by atoms with Crippen LogP contribution in [-0.2, 0) is 21.4 Å². The summed E-state index contributed by atoms with van der Waals surface area (Å²) in [6.45, 7) is 2.14. The van der Waals surface area contributed by atoms with Crippen LogP contribution in [0.1, 0.15) is 42.1 Å². The summed E-state index contributed by atoms with van der Waals surface area (Å²) < 4.78 is 108. The van der Waals surface area contributed by atoms with Crippen molar-refractivity contribution in [1.29, 1.82) is 0 Å². The first-order chi connectivity index (χ1) is 16.6. The number of benzene rings is 1. The molecule has 0 N–H and O–H groups in total. The lowest BCUT2D eigenvalue weighted by atomic mass is 10.1. The van der Waals surface area contributed by atoms with Gasteiger partial charge < -0.3 is 9.64 Å². The first-order valence-corrected chi connectivity index (χ1v) is 12.5. The van der Waals surface area contributed by atoms with Crippen molar-refractivity contribution < 1.29 is 44.3 Å². The van der Waals surface area contributed by atoms with E-state index in [4.69, 9.17) is 4.74 Å². The van der Waals surface area contributed by atoms with Gasteiger partial charge in [-0.15, -0.1) is 0 Å². The third-order valence-electron chi connectivity index (χ3n) is 6.51. The predicted molar refractivity (Wildman–Crippen MR) is 113 cm³/mol. The summed E-state index contributed by atoms with van der Waals surface area (Å²) >= 11 is 0. The van der Waals surface area contributed by atoms with Gasteiger partial charge in [0.25, 0.3) is 5.91 Å². The Morgan fingerprint density at radius 2 is 1.92 bits per heavy atom. The molecule has 0 bridgehead atoms. The number of aromatic nitrogens is 2. The van der Waals surface area contributed by atoms with E-state index in [0.717, 1.165) is 37.4 Å². The molecule has 2 aromatic rings. The molecule has 1 aliphatic carbocycles. The Labute approximate surface area is 202 Å². The lowest BCUT2D eigenvalue weighted by Gasteiger charge is -2.24. The molecule has 4 rings (SSSR count). The average molecular weight is 537 g/mol. The zero-order chi connectivity index (χ0) is 26.7. The highest BCUT2D eigenvalue weighted by Gasteiger charge is 2.64. The number of halogens is 6. The van der Waals surface area contributed by atoms with Crippen molar-refractivity contribution in [3.05, 3.63) is 47.5 Å². The summed E-state index contributed by atoms with van der Waals surface area (Å²) in [6, 6.07) is 3.77. The standard InChI is InChI=1S/C22H21F6N3O4S/c1-3-36(33,34)14-4-5-16(35-12(2)21(23,24)25)15(8-14)18(32)31-10-13-9-20(13,11-31)19-29-7-6-17(30-19)22(26,27)28/h4-8,12-13H,3,9-11H2,1-2H3/t12-,13?,20?/m1/s1. The number of carbonyl (C=O) groups excluding carboxylic acids is 1. The molecule has 0 radical (unpaired) electrons. The van der Waals surface area contributed by atoms with Gasteiger partial charge in [-0.1, -0.05) is 6.92 Å². The second-order valence-electron chi connectivity index (χ2n) is 8.87. The minimum atomic E-state index is -4.74. The molecule has 0 spiro atoms. The number of nitrogens with zero attached hydrogens (tertiary/aromatic N) is 3. The van der Waals surface area contributed by atoms with Crippen molar-refractivity contribution in [3.63, 3.8) is 0 Å². The number of hydrogen-bond donors (Lipinski definition) is 0. The smallest absolute Gasteiger partial charge is 0.433 e. The molecule has 36 heavy (non-hydrogen) atoms. The fourth-order valence-corrected chi connectivity index (χ4v) is 5.21. The highest BCUT2D eigenvalue weighted by atomic mass is 32.2. The van der Waals surface area contributed by atoms with Gasteiger partial charge in [-0.2, -0.15) is 26.3 Å². The van der Waals surface area contributed by atoms with Crippen molar-refractivity contribution in [1.82, 2.24) is 14.9 Å². The normalized spacial score (nSPS) is 22.8. The van der Waals surface area contributed by atoms with Crippen LogP contribution in [0.25, 0.3) is 0 Å². The van der Waals surface area contributed by atoms with Gasteiger partial charge in [0.15, 0.2) is 15.9 Å². The van der Waals surface area contributed by atoms with E-state index in [9.17, 15) is 39.6 Å². The second-order valence-corrected chi connectivity index (χ2v) is 11.1.